The number of rotatable bonds is 6. The summed E-state index contributed by atoms with van der Waals surface area (Å²) in [6.07, 6.45) is 1.81. The summed E-state index contributed by atoms with van der Waals surface area (Å²) in [5, 5.41) is 21.9. The highest BCUT2D eigenvalue weighted by Gasteiger charge is 2.46. The van der Waals surface area contributed by atoms with E-state index in [2.05, 4.69) is 10.3 Å². The van der Waals surface area contributed by atoms with Gasteiger partial charge in [0.25, 0.3) is 5.91 Å². The molecule has 3 aromatic carbocycles. The number of carbonyl (C=O) groups is 3. The first-order valence-corrected chi connectivity index (χ1v) is 10.3. The number of aliphatic carboxylic acids is 2. The average Bonchev–Trinajstić information content (AvgIpc) is 3.14. The maximum absolute atomic E-state index is 14.7. The van der Waals surface area contributed by atoms with Crippen LogP contribution in [0.15, 0.2) is 83.9 Å². The van der Waals surface area contributed by atoms with Crippen molar-refractivity contribution >= 4 is 40.7 Å². The SMILES string of the molecule is O=C(O)C=CC1=c2cc(Cl)cc(F)c2=NC1(C(=O)O)c1cccc(NC(=O)c2ccccc2)c1. The van der Waals surface area contributed by atoms with Gasteiger partial charge in [0.05, 0.1) is 0 Å². The molecule has 7 nitrogen and oxygen atoms in total. The Bertz CT molecular complexity index is 1490. The fraction of sp³-hybridized carbons (Fsp3) is 0.0400. The van der Waals surface area contributed by atoms with E-state index in [1.54, 1.807) is 36.4 Å². The third-order valence-corrected chi connectivity index (χ3v) is 5.48. The highest BCUT2D eigenvalue weighted by Crippen LogP contribution is 2.38. The minimum absolute atomic E-state index is 0.00209. The highest BCUT2D eigenvalue weighted by molar-refractivity contribution is 6.30. The van der Waals surface area contributed by atoms with Crippen LogP contribution in [0.1, 0.15) is 15.9 Å². The van der Waals surface area contributed by atoms with E-state index in [1.807, 2.05) is 0 Å². The van der Waals surface area contributed by atoms with Crippen molar-refractivity contribution in [2.24, 2.45) is 4.99 Å². The predicted octanol–water partition coefficient (Wildman–Crippen LogP) is 3.14. The van der Waals surface area contributed by atoms with Crippen molar-refractivity contribution in [1.82, 2.24) is 0 Å². The lowest BCUT2D eigenvalue weighted by Gasteiger charge is -2.25. The minimum Gasteiger partial charge on any atom is -0.479 e. The van der Waals surface area contributed by atoms with Gasteiger partial charge in [-0.05, 0) is 48.0 Å². The molecule has 0 saturated carbocycles. The van der Waals surface area contributed by atoms with E-state index in [4.69, 9.17) is 16.7 Å². The van der Waals surface area contributed by atoms with Gasteiger partial charge < -0.3 is 15.5 Å². The van der Waals surface area contributed by atoms with Crippen molar-refractivity contribution in [1.29, 1.82) is 0 Å². The van der Waals surface area contributed by atoms with Gasteiger partial charge in [-0.3, -0.25) is 9.79 Å². The average molecular weight is 479 g/mol. The molecule has 1 heterocycles. The summed E-state index contributed by atoms with van der Waals surface area (Å²) in [5.41, 5.74) is -1.49. The fourth-order valence-electron chi connectivity index (χ4n) is 3.79. The zero-order valence-corrected chi connectivity index (χ0v) is 18.1. The Labute approximate surface area is 197 Å². The summed E-state index contributed by atoms with van der Waals surface area (Å²) in [6, 6.07) is 16.7. The second kappa shape index (κ2) is 8.92. The van der Waals surface area contributed by atoms with E-state index in [-0.39, 0.29) is 32.4 Å². The lowest BCUT2D eigenvalue weighted by atomic mass is 9.82. The van der Waals surface area contributed by atoms with Crippen LogP contribution in [0, 0.1) is 5.82 Å². The number of hydrogen-bond acceptors (Lipinski definition) is 4. The molecule has 1 atom stereocenters. The second-order valence-corrected chi connectivity index (χ2v) is 7.83. The number of carboxylic acids is 2. The number of benzene rings is 3. The molecule has 0 aliphatic carbocycles. The molecule has 170 valence electrons. The van der Waals surface area contributed by atoms with Crippen molar-refractivity contribution in [3.05, 3.63) is 111 Å². The van der Waals surface area contributed by atoms with E-state index >= 15 is 0 Å². The van der Waals surface area contributed by atoms with Crippen LogP contribution >= 0.6 is 11.6 Å². The summed E-state index contributed by atoms with van der Waals surface area (Å²) in [6.45, 7) is 0. The van der Waals surface area contributed by atoms with Gasteiger partial charge in [0.1, 0.15) is 5.36 Å². The lowest BCUT2D eigenvalue weighted by molar-refractivity contribution is -0.141. The molecule has 9 heteroatoms. The summed E-state index contributed by atoms with van der Waals surface area (Å²) >= 11 is 5.99. The van der Waals surface area contributed by atoms with Crippen LogP contribution in [-0.4, -0.2) is 28.1 Å². The van der Waals surface area contributed by atoms with Crippen LogP contribution in [0.25, 0.3) is 5.57 Å². The molecule has 1 aliphatic rings. The van der Waals surface area contributed by atoms with Crippen LogP contribution in [0.3, 0.4) is 0 Å². The predicted molar refractivity (Wildman–Crippen MR) is 123 cm³/mol. The molecule has 34 heavy (non-hydrogen) atoms. The van der Waals surface area contributed by atoms with Crippen molar-refractivity contribution in [2.45, 2.75) is 5.54 Å². The minimum atomic E-state index is -2.17. The first-order chi connectivity index (χ1) is 16.2. The molecule has 0 spiro atoms. The Morgan fingerprint density at radius 2 is 1.74 bits per heavy atom. The number of fused-ring (bicyclic) bond motifs is 1. The van der Waals surface area contributed by atoms with E-state index in [0.29, 0.717) is 5.56 Å². The van der Waals surface area contributed by atoms with Gasteiger partial charge >= 0.3 is 11.9 Å². The Morgan fingerprint density at radius 1 is 1.00 bits per heavy atom. The molecule has 0 bridgehead atoms. The summed E-state index contributed by atoms with van der Waals surface area (Å²) < 4.78 is 14.7. The molecular formula is C25H16ClFN2O5. The fourth-order valence-corrected chi connectivity index (χ4v) is 4.00. The van der Waals surface area contributed by atoms with Crippen molar-refractivity contribution < 1.29 is 29.0 Å². The van der Waals surface area contributed by atoms with E-state index in [1.165, 1.54) is 24.3 Å². The molecule has 4 rings (SSSR count). The Kier molecular flexibility index (Phi) is 6.00. The topological polar surface area (TPSA) is 116 Å². The molecule has 1 amide bonds. The third kappa shape index (κ3) is 4.06. The van der Waals surface area contributed by atoms with Crippen molar-refractivity contribution in [3.8, 4) is 0 Å². The summed E-state index contributed by atoms with van der Waals surface area (Å²) in [7, 11) is 0. The molecule has 0 aromatic heterocycles. The lowest BCUT2D eigenvalue weighted by Crippen LogP contribution is -2.34. The third-order valence-electron chi connectivity index (χ3n) is 5.26. The van der Waals surface area contributed by atoms with Crippen LogP contribution in [0.2, 0.25) is 5.02 Å². The maximum Gasteiger partial charge on any atom is 0.341 e. The highest BCUT2D eigenvalue weighted by atomic mass is 35.5. The zero-order chi connectivity index (χ0) is 24.5. The quantitative estimate of drug-likeness (QED) is 0.471. The number of nitrogens with zero attached hydrogens (tertiary/aromatic N) is 1. The normalized spacial score (nSPS) is 16.7. The van der Waals surface area contributed by atoms with E-state index in [9.17, 15) is 23.9 Å². The largest absolute Gasteiger partial charge is 0.479 e. The number of halogens is 2. The smallest absolute Gasteiger partial charge is 0.341 e. The van der Waals surface area contributed by atoms with E-state index in [0.717, 1.165) is 18.2 Å². The summed E-state index contributed by atoms with van der Waals surface area (Å²) in [4.78, 5) is 40.6. The van der Waals surface area contributed by atoms with Gasteiger partial charge in [-0.25, -0.2) is 14.0 Å². The second-order valence-electron chi connectivity index (χ2n) is 7.40. The van der Waals surface area contributed by atoms with Gasteiger partial charge in [-0.1, -0.05) is 41.9 Å². The Hall–Kier alpha value is -4.30. The van der Waals surface area contributed by atoms with E-state index < -0.39 is 29.2 Å². The van der Waals surface area contributed by atoms with Crippen LogP contribution in [0.4, 0.5) is 10.1 Å². The molecule has 1 unspecified atom stereocenters. The van der Waals surface area contributed by atoms with Crippen LogP contribution in [0.5, 0.6) is 0 Å². The van der Waals surface area contributed by atoms with Gasteiger partial charge in [-0.15, -0.1) is 0 Å². The molecule has 0 radical (unpaired) electrons. The van der Waals surface area contributed by atoms with Gasteiger partial charge in [0, 0.05) is 33.1 Å². The van der Waals surface area contributed by atoms with Gasteiger partial charge in [0.2, 0.25) is 5.54 Å². The molecular weight excluding hydrogens is 463 g/mol. The monoisotopic (exact) mass is 478 g/mol. The molecule has 3 aromatic rings. The molecule has 0 fully saturated rings. The molecule has 3 N–H and O–H groups in total. The van der Waals surface area contributed by atoms with Crippen molar-refractivity contribution in [2.75, 3.05) is 5.32 Å². The number of anilines is 1. The number of carbonyl (C=O) groups excluding carboxylic acids is 1. The van der Waals surface area contributed by atoms with Gasteiger partial charge in [0.15, 0.2) is 5.82 Å². The molecule has 0 saturated heterocycles. The maximum atomic E-state index is 14.7. The number of hydrogen-bond donors (Lipinski definition) is 3. The zero-order valence-electron chi connectivity index (χ0n) is 17.3. The van der Waals surface area contributed by atoms with Crippen LogP contribution in [-0.2, 0) is 15.1 Å². The molecule has 1 aliphatic heterocycles. The standard InChI is InChI=1S/C25H16ClFN2O5/c26-16-12-18-19(9-10-21(30)31)25(24(33)34,29-22(18)20(27)13-16)15-7-4-8-17(11-15)28-23(32)14-5-2-1-3-6-14/h1-13H,(H,28,32)(H,30,31)(H,33,34). The number of carboxylic acid groups (broad SMARTS) is 2. The van der Waals surface area contributed by atoms with Crippen molar-refractivity contribution in [3.63, 3.8) is 0 Å². The number of nitrogens with one attached hydrogen (secondary N) is 1. The Morgan fingerprint density at radius 3 is 2.41 bits per heavy atom. The first kappa shape index (κ1) is 22.9. The first-order valence-electron chi connectivity index (χ1n) is 9.93. The Balaban J connectivity index is 1.90. The number of amides is 1. The van der Waals surface area contributed by atoms with Gasteiger partial charge in [-0.2, -0.15) is 0 Å². The van der Waals surface area contributed by atoms with Crippen LogP contribution < -0.4 is 15.9 Å². The summed E-state index contributed by atoms with van der Waals surface area (Å²) in [5.74, 6) is -4.05.